The zero-order chi connectivity index (χ0) is 17.5. The molecule has 2 N–H and O–H groups in total. The fourth-order valence-electron chi connectivity index (χ4n) is 2.09. The molecule has 0 bridgehead atoms. The number of carboxylic acids is 1. The third-order valence-corrected chi connectivity index (χ3v) is 4.03. The van der Waals surface area contributed by atoms with Crippen LogP contribution in [0.1, 0.15) is 34.9 Å². The summed E-state index contributed by atoms with van der Waals surface area (Å²) in [6, 6.07) is 7.48. The Labute approximate surface area is 144 Å². The van der Waals surface area contributed by atoms with Crippen LogP contribution in [0.15, 0.2) is 29.6 Å². The summed E-state index contributed by atoms with van der Waals surface area (Å²) in [6.45, 7) is 4.30. The number of rotatable bonds is 8. The van der Waals surface area contributed by atoms with E-state index in [2.05, 4.69) is 10.3 Å². The number of amides is 1. The van der Waals surface area contributed by atoms with E-state index in [9.17, 15) is 9.59 Å². The van der Waals surface area contributed by atoms with Crippen LogP contribution in [-0.4, -0.2) is 34.6 Å². The van der Waals surface area contributed by atoms with Crippen molar-refractivity contribution in [1.82, 2.24) is 10.3 Å². The van der Waals surface area contributed by atoms with E-state index in [1.54, 1.807) is 0 Å². The minimum Gasteiger partial charge on any atom is -0.491 e. The van der Waals surface area contributed by atoms with Crippen molar-refractivity contribution >= 4 is 23.2 Å². The van der Waals surface area contributed by atoms with E-state index in [-0.39, 0.29) is 24.1 Å². The number of hydrogen-bond donors (Lipinski definition) is 2. The van der Waals surface area contributed by atoms with Crippen LogP contribution in [0.5, 0.6) is 5.75 Å². The molecule has 0 spiro atoms. The lowest BCUT2D eigenvalue weighted by Gasteiger charge is -2.14. The molecular weight excluding hydrogens is 328 g/mol. The van der Waals surface area contributed by atoms with Gasteiger partial charge in [-0.05, 0) is 19.9 Å². The lowest BCUT2D eigenvalue weighted by molar-refractivity contribution is -0.120. The van der Waals surface area contributed by atoms with Crippen molar-refractivity contribution in [2.24, 2.45) is 0 Å². The Morgan fingerprint density at radius 2 is 2.08 bits per heavy atom. The lowest BCUT2D eigenvalue weighted by Crippen LogP contribution is -2.27. The van der Waals surface area contributed by atoms with E-state index in [1.165, 1.54) is 16.7 Å². The van der Waals surface area contributed by atoms with E-state index in [0.29, 0.717) is 23.7 Å². The summed E-state index contributed by atoms with van der Waals surface area (Å²) in [6.07, 6.45) is 0.789. The fraction of sp³-hybridized carbons (Fsp3) is 0.353. The molecule has 0 aliphatic carbocycles. The number of benzene rings is 1. The molecule has 0 atom stereocenters. The number of aromatic carboxylic acids is 1. The van der Waals surface area contributed by atoms with Crippen LogP contribution in [0.3, 0.4) is 0 Å². The van der Waals surface area contributed by atoms with Gasteiger partial charge in [0.1, 0.15) is 5.75 Å². The molecule has 0 aliphatic rings. The van der Waals surface area contributed by atoms with Gasteiger partial charge in [-0.15, -0.1) is 11.3 Å². The van der Waals surface area contributed by atoms with E-state index in [0.717, 1.165) is 5.56 Å². The monoisotopic (exact) mass is 348 g/mol. The summed E-state index contributed by atoms with van der Waals surface area (Å²) >= 11 is 1.28. The Kier molecular flexibility index (Phi) is 6.31. The van der Waals surface area contributed by atoms with Gasteiger partial charge in [-0.25, -0.2) is 9.78 Å². The Balaban J connectivity index is 1.84. The first-order valence-electron chi connectivity index (χ1n) is 7.64. The van der Waals surface area contributed by atoms with Gasteiger partial charge in [0.05, 0.1) is 17.5 Å². The highest BCUT2D eigenvalue weighted by atomic mass is 32.1. The number of carbonyl (C=O) groups excluding carboxylic acids is 1. The summed E-state index contributed by atoms with van der Waals surface area (Å²) in [5, 5.41) is 13.8. The lowest BCUT2D eigenvalue weighted by atomic mass is 10.1. The largest absolute Gasteiger partial charge is 0.491 e. The van der Waals surface area contributed by atoms with Gasteiger partial charge in [-0.2, -0.15) is 0 Å². The maximum Gasteiger partial charge on any atom is 0.355 e. The molecule has 2 aromatic rings. The van der Waals surface area contributed by atoms with Crippen LogP contribution in [0.4, 0.5) is 0 Å². The molecule has 2 rings (SSSR count). The molecule has 1 amide bonds. The first kappa shape index (κ1) is 17.9. The first-order valence-corrected chi connectivity index (χ1v) is 8.52. The molecule has 0 radical (unpaired) electrons. The Morgan fingerprint density at radius 1 is 1.33 bits per heavy atom. The molecule has 7 heteroatoms. The molecule has 24 heavy (non-hydrogen) atoms. The number of aromatic nitrogens is 1. The topological polar surface area (TPSA) is 88.5 Å². The smallest absolute Gasteiger partial charge is 0.355 e. The minimum absolute atomic E-state index is 0.0427. The van der Waals surface area contributed by atoms with Crippen molar-refractivity contribution in [3.05, 3.63) is 45.9 Å². The van der Waals surface area contributed by atoms with Gasteiger partial charge < -0.3 is 15.2 Å². The predicted octanol–water partition coefficient (Wildman–Crippen LogP) is 2.53. The fourth-order valence-corrected chi connectivity index (χ4v) is 2.86. The summed E-state index contributed by atoms with van der Waals surface area (Å²) in [5.74, 6) is -0.429. The van der Waals surface area contributed by atoms with Crippen LogP contribution < -0.4 is 10.1 Å². The Morgan fingerprint density at radius 3 is 2.75 bits per heavy atom. The highest BCUT2D eigenvalue weighted by Gasteiger charge is 2.11. The zero-order valence-electron chi connectivity index (χ0n) is 13.6. The molecular formula is C17H20N2O4S. The Hall–Kier alpha value is -2.41. The normalized spacial score (nSPS) is 10.6. The third-order valence-electron chi connectivity index (χ3n) is 3.12. The highest BCUT2D eigenvalue weighted by Crippen LogP contribution is 2.19. The summed E-state index contributed by atoms with van der Waals surface area (Å²) in [7, 11) is 0. The molecule has 0 aliphatic heterocycles. The van der Waals surface area contributed by atoms with Gasteiger partial charge in [0.25, 0.3) is 0 Å². The molecule has 1 aromatic heterocycles. The maximum absolute atomic E-state index is 12.1. The van der Waals surface area contributed by atoms with Gasteiger partial charge in [0.2, 0.25) is 5.91 Å². The maximum atomic E-state index is 12.1. The molecule has 1 heterocycles. The molecule has 0 saturated heterocycles. The number of carbonyl (C=O) groups is 2. The van der Waals surface area contributed by atoms with Crippen molar-refractivity contribution in [3.8, 4) is 5.75 Å². The zero-order valence-corrected chi connectivity index (χ0v) is 14.4. The second kappa shape index (κ2) is 8.44. The second-order valence-corrected chi connectivity index (χ2v) is 6.43. The second-order valence-electron chi connectivity index (χ2n) is 5.48. The number of carboxylic acid groups (broad SMARTS) is 1. The van der Waals surface area contributed by atoms with Crippen LogP contribution in [0.25, 0.3) is 0 Å². The van der Waals surface area contributed by atoms with E-state index in [1.807, 2.05) is 38.1 Å². The van der Waals surface area contributed by atoms with Crippen molar-refractivity contribution < 1.29 is 19.4 Å². The van der Waals surface area contributed by atoms with Crippen LogP contribution in [-0.2, 0) is 17.6 Å². The number of nitrogens with zero attached hydrogens (tertiary/aromatic N) is 1. The number of hydrogen-bond acceptors (Lipinski definition) is 5. The number of para-hydroxylation sites is 1. The average molecular weight is 348 g/mol. The van der Waals surface area contributed by atoms with Gasteiger partial charge in [0, 0.05) is 23.9 Å². The van der Waals surface area contributed by atoms with E-state index >= 15 is 0 Å². The average Bonchev–Trinajstić information content (AvgIpc) is 2.98. The number of nitrogens with one attached hydrogen (secondary N) is 1. The molecule has 128 valence electrons. The summed E-state index contributed by atoms with van der Waals surface area (Å²) < 4.78 is 5.70. The van der Waals surface area contributed by atoms with Crippen molar-refractivity contribution in [1.29, 1.82) is 0 Å². The Bertz CT molecular complexity index is 712. The van der Waals surface area contributed by atoms with E-state index in [4.69, 9.17) is 9.84 Å². The summed E-state index contributed by atoms with van der Waals surface area (Å²) in [4.78, 5) is 26.8. The first-order chi connectivity index (χ1) is 11.5. The van der Waals surface area contributed by atoms with Crippen molar-refractivity contribution in [2.75, 3.05) is 6.54 Å². The quantitative estimate of drug-likeness (QED) is 0.765. The molecule has 6 nitrogen and oxygen atoms in total. The summed E-state index contributed by atoms with van der Waals surface area (Å²) in [5.41, 5.74) is 0.882. The van der Waals surface area contributed by atoms with Gasteiger partial charge in [-0.3, -0.25) is 4.79 Å². The van der Waals surface area contributed by atoms with Crippen LogP contribution in [0, 0.1) is 0 Å². The van der Waals surface area contributed by atoms with Gasteiger partial charge in [0.15, 0.2) is 5.69 Å². The molecule has 0 unspecified atom stereocenters. The number of thiazole rings is 1. The standard InChI is InChI=1S/C17H20N2O4S/c1-11(2)23-14-6-4-3-5-12(14)9-15(20)18-8-7-16-19-13(10-24-16)17(21)22/h3-6,10-11H,7-9H2,1-2H3,(H,18,20)(H,21,22). The minimum atomic E-state index is -1.04. The number of ether oxygens (including phenoxy) is 1. The molecule has 0 saturated carbocycles. The van der Waals surface area contributed by atoms with Crippen LogP contribution >= 0.6 is 11.3 Å². The SMILES string of the molecule is CC(C)Oc1ccccc1CC(=O)NCCc1nc(C(=O)O)cs1. The molecule has 1 aromatic carbocycles. The van der Waals surface area contributed by atoms with Gasteiger partial charge in [-0.1, -0.05) is 18.2 Å². The third kappa shape index (κ3) is 5.34. The van der Waals surface area contributed by atoms with Gasteiger partial charge >= 0.3 is 5.97 Å². The van der Waals surface area contributed by atoms with Crippen molar-refractivity contribution in [2.45, 2.75) is 32.8 Å². The highest BCUT2D eigenvalue weighted by molar-refractivity contribution is 7.09. The van der Waals surface area contributed by atoms with Crippen LogP contribution in [0.2, 0.25) is 0 Å². The van der Waals surface area contributed by atoms with E-state index < -0.39 is 5.97 Å². The molecule has 0 fully saturated rings. The predicted molar refractivity (Wildman–Crippen MR) is 91.7 cm³/mol. The van der Waals surface area contributed by atoms with Crippen molar-refractivity contribution in [3.63, 3.8) is 0 Å².